The fraction of sp³-hybridized carbons (Fsp3) is 0.552. The van der Waals surface area contributed by atoms with Crippen molar-refractivity contribution in [2.45, 2.75) is 64.6 Å². The molecule has 2 aliphatic heterocycles. The Morgan fingerprint density at radius 3 is 2.43 bits per heavy atom. The van der Waals surface area contributed by atoms with Crippen LogP contribution in [0.1, 0.15) is 67.1 Å². The van der Waals surface area contributed by atoms with Crippen LogP contribution in [0, 0.1) is 12.8 Å². The Labute approximate surface area is 209 Å². The molecule has 35 heavy (non-hydrogen) atoms. The average Bonchev–Trinajstić information content (AvgIpc) is 3.66. The van der Waals surface area contributed by atoms with E-state index in [9.17, 15) is 4.79 Å². The Morgan fingerprint density at radius 1 is 1.06 bits per heavy atom. The molecule has 2 aromatic rings. The van der Waals surface area contributed by atoms with Crippen molar-refractivity contribution in [1.29, 1.82) is 0 Å². The number of aryl methyl sites for hydroxylation is 1. The Morgan fingerprint density at radius 2 is 1.77 bits per heavy atom. The van der Waals surface area contributed by atoms with E-state index in [1.807, 2.05) is 32.0 Å². The zero-order chi connectivity index (χ0) is 24.5. The largest absolute Gasteiger partial charge is 0.497 e. The van der Waals surface area contributed by atoms with Gasteiger partial charge < -0.3 is 19.7 Å². The number of nitrogens with zero attached hydrogens (tertiary/aromatic N) is 2. The van der Waals surface area contributed by atoms with Gasteiger partial charge in [0, 0.05) is 42.5 Å². The Hall–Kier alpha value is -2.73. The van der Waals surface area contributed by atoms with Gasteiger partial charge in [0.1, 0.15) is 11.5 Å². The summed E-state index contributed by atoms with van der Waals surface area (Å²) in [5, 5.41) is 3.21. The number of ether oxygens (including phenoxy) is 2. The van der Waals surface area contributed by atoms with E-state index < -0.39 is 0 Å². The molecule has 2 heterocycles. The molecule has 188 valence electrons. The monoisotopic (exact) mass is 477 g/mol. The second kappa shape index (κ2) is 10.1. The highest BCUT2D eigenvalue weighted by atomic mass is 16.5. The second-order valence-corrected chi connectivity index (χ2v) is 10.5. The first-order chi connectivity index (χ1) is 16.9. The van der Waals surface area contributed by atoms with Gasteiger partial charge in [0.15, 0.2) is 0 Å². The van der Waals surface area contributed by atoms with Crippen LogP contribution in [0.5, 0.6) is 11.5 Å². The van der Waals surface area contributed by atoms with E-state index in [0.29, 0.717) is 18.0 Å². The van der Waals surface area contributed by atoms with E-state index in [1.54, 1.807) is 7.11 Å². The molecule has 3 atom stereocenters. The van der Waals surface area contributed by atoms with Crippen molar-refractivity contribution in [3.05, 3.63) is 53.1 Å². The summed E-state index contributed by atoms with van der Waals surface area (Å²) in [7, 11) is 1.66. The van der Waals surface area contributed by atoms with Crippen LogP contribution in [-0.2, 0) is 0 Å². The molecule has 5 rings (SSSR count). The summed E-state index contributed by atoms with van der Waals surface area (Å²) < 4.78 is 11.5. The number of nitrogens with one attached hydrogen (secondary N) is 1. The van der Waals surface area contributed by atoms with E-state index >= 15 is 0 Å². The predicted octanol–water partition coefficient (Wildman–Crippen LogP) is 4.96. The fourth-order valence-electron chi connectivity index (χ4n) is 5.67. The molecule has 1 aliphatic carbocycles. The minimum atomic E-state index is -0.173. The molecular weight excluding hydrogens is 438 g/mol. The molecule has 1 N–H and O–H groups in total. The van der Waals surface area contributed by atoms with E-state index in [1.165, 1.54) is 25.7 Å². The number of carbonyl (C=O) groups excluding carboxylic acids is 1. The van der Waals surface area contributed by atoms with Gasteiger partial charge in [-0.3, -0.25) is 9.69 Å². The van der Waals surface area contributed by atoms with E-state index in [4.69, 9.17) is 9.47 Å². The van der Waals surface area contributed by atoms with Crippen LogP contribution in [0.15, 0.2) is 36.4 Å². The quantitative estimate of drug-likeness (QED) is 0.554. The molecule has 2 aromatic carbocycles. The summed E-state index contributed by atoms with van der Waals surface area (Å²) in [6, 6.07) is 13.3. The highest BCUT2D eigenvalue weighted by Gasteiger charge is 2.39. The minimum Gasteiger partial charge on any atom is -0.497 e. The number of carbonyl (C=O) groups is 1. The van der Waals surface area contributed by atoms with Crippen LogP contribution in [0.3, 0.4) is 0 Å². The summed E-state index contributed by atoms with van der Waals surface area (Å²) in [4.78, 5) is 18.5. The zero-order valence-electron chi connectivity index (χ0n) is 21.5. The van der Waals surface area contributed by atoms with Crippen LogP contribution in [0.4, 0.5) is 5.69 Å². The SMILES string of the molecule is CCN1[C@@H]2CC[C@H]1CN(c1ccc(C)c(C(=O)NC(C)c3cc(OC)cc(OCC4CC4)c3)c1)C2. The molecule has 0 aromatic heterocycles. The normalized spacial score (nSPS) is 22.7. The number of amides is 1. The van der Waals surface area contributed by atoms with E-state index in [0.717, 1.165) is 60.1 Å². The average molecular weight is 478 g/mol. The highest BCUT2D eigenvalue weighted by molar-refractivity contribution is 5.96. The number of methoxy groups -OCH3 is 1. The van der Waals surface area contributed by atoms with Gasteiger partial charge in [0.05, 0.1) is 19.8 Å². The number of piperazine rings is 1. The first-order valence-corrected chi connectivity index (χ1v) is 13.2. The summed E-state index contributed by atoms with van der Waals surface area (Å²) in [5.41, 5.74) is 3.86. The van der Waals surface area contributed by atoms with Crippen molar-refractivity contribution in [3.63, 3.8) is 0 Å². The molecular formula is C29H39N3O3. The third-order valence-electron chi connectivity index (χ3n) is 8.00. The zero-order valence-corrected chi connectivity index (χ0v) is 21.5. The lowest BCUT2D eigenvalue weighted by Crippen LogP contribution is -2.53. The van der Waals surface area contributed by atoms with Gasteiger partial charge in [-0.05, 0) is 87.4 Å². The molecule has 2 bridgehead atoms. The molecule has 0 spiro atoms. The standard InChI is InChI=1S/C29H39N3O3/c1-5-32-24-10-11-25(32)17-31(16-24)23-9-6-19(2)28(14-23)29(33)30-20(3)22-12-26(34-4)15-27(13-22)35-18-21-7-8-21/h6,9,12-15,20-21,24-25H,5,7-8,10-11,16-18H2,1-4H3,(H,30,33)/t20?,24-,25+. The number of anilines is 1. The Kier molecular flexibility index (Phi) is 6.92. The van der Waals surface area contributed by atoms with Gasteiger partial charge in [-0.25, -0.2) is 0 Å². The number of fused-ring (bicyclic) bond motifs is 2. The van der Waals surface area contributed by atoms with Crippen LogP contribution in [0.2, 0.25) is 0 Å². The van der Waals surface area contributed by atoms with Gasteiger partial charge in [0.25, 0.3) is 5.91 Å². The third kappa shape index (κ3) is 5.27. The molecule has 0 radical (unpaired) electrons. The van der Waals surface area contributed by atoms with Gasteiger partial charge in [-0.1, -0.05) is 13.0 Å². The highest BCUT2D eigenvalue weighted by Crippen LogP contribution is 2.34. The smallest absolute Gasteiger partial charge is 0.252 e. The third-order valence-corrected chi connectivity index (χ3v) is 8.00. The summed E-state index contributed by atoms with van der Waals surface area (Å²) in [6.45, 7) is 10.2. The second-order valence-electron chi connectivity index (χ2n) is 10.5. The van der Waals surface area contributed by atoms with Crippen molar-refractivity contribution in [2.75, 3.05) is 38.3 Å². The predicted molar refractivity (Wildman–Crippen MR) is 140 cm³/mol. The lowest BCUT2D eigenvalue weighted by Gasteiger charge is -2.41. The molecule has 1 saturated carbocycles. The Balaban J connectivity index is 1.29. The molecule has 3 fully saturated rings. The lowest BCUT2D eigenvalue weighted by atomic mass is 10.0. The van der Waals surface area contributed by atoms with Gasteiger partial charge in [-0.2, -0.15) is 0 Å². The molecule has 2 saturated heterocycles. The minimum absolute atomic E-state index is 0.0460. The number of hydrogen-bond donors (Lipinski definition) is 1. The topological polar surface area (TPSA) is 54.0 Å². The van der Waals surface area contributed by atoms with Gasteiger partial charge >= 0.3 is 0 Å². The van der Waals surface area contributed by atoms with Crippen molar-refractivity contribution < 1.29 is 14.3 Å². The van der Waals surface area contributed by atoms with Crippen LogP contribution in [-0.4, -0.2) is 56.2 Å². The van der Waals surface area contributed by atoms with Crippen LogP contribution < -0.4 is 19.7 Å². The molecule has 6 heteroatoms. The summed E-state index contributed by atoms with van der Waals surface area (Å²) in [5.74, 6) is 2.17. The molecule has 6 nitrogen and oxygen atoms in total. The van der Waals surface area contributed by atoms with Crippen molar-refractivity contribution in [1.82, 2.24) is 10.2 Å². The summed E-state index contributed by atoms with van der Waals surface area (Å²) in [6.07, 6.45) is 5.05. The first-order valence-electron chi connectivity index (χ1n) is 13.2. The maximum absolute atomic E-state index is 13.4. The molecule has 1 amide bonds. The number of likely N-dealkylation sites (N-methyl/N-ethyl adjacent to an activating group) is 1. The fourth-order valence-corrected chi connectivity index (χ4v) is 5.67. The van der Waals surface area contributed by atoms with Gasteiger partial charge in [0.2, 0.25) is 0 Å². The molecule has 3 aliphatic rings. The van der Waals surface area contributed by atoms with Crippen LogP contribution >= 0.6 is 0 Å². The first kappa shape index (κ1) is 24.0. The maximum atomic E-state index is 13.4. The Bertz CT molecular complexity index is 1050. The van der Waals surface area contributed by atoms with Crippen molar-refractivity contribution >= 4 is 11.6 Å². The maximum Gasteiger partial charge on any atom is 0.252 e. The number of rotatable bonds is 9. The van der Waals surface area contributed by atoms with E-state index in [-0.39, 0.29) is 11.9 Å². The van der Waals surface area contributed by atoms with Crippen LogP contribution in [0.25, 0.3) is 0 Å². The number of benzene rings is 2. The number of hydrogen-bond acceptors (Lipinski definition) is 5. The lowest BCUT2D eigenvalue weighted by molar-refractivity contribution is 0.0939. The summed E-state index contributed by atoms with van der Waals surface area (Å²) >= 11 is 0. The van der Waals surface area contributed by atoms with Crippen molar-refractivity contribution in [3.8, 4) is 11.5 Å². The van der Waals surface area contributed by atoms with Gasteiger partial charge in [-0.15, -0.1) is 0 Å². The molecule has 1 unspecified atom stereocenters. The van der Waals surface area contributed by atoms with E-state index in [2.05, 4.69) is 40.2 Å². The van der Waals surface area contributed by atoms with Crippen molar-refractivity contribution in [2.24, 2.45) is 5.92 Å².